The van der Waals surface area contributed by atoms with Crippen molar-refractivity contribution in [1.82, 2.24) is 0 Å². The fourth-order valence-corrected chi connectivity index (χ4v) is 5.01. The van der Waals surface area contributed by atoms with Gasteiger partial charge in [0.1, 0.15) is 12.0 Å². The van der Waals surface area contributed by atoms with Crippen LogP contribution in [-0.2, 0) is 11.2 Å². The van der Waals surface area contributed by atoms with E-state index in [1.165, 1.54) is 22.3 Å². The molecule has 3 atom stereocenters. The Morgan fingerprint density at radius 1 is 1.00 bits per heavy atom. The van der Waals surface area contributed by atoms with Gasteiger partial charge < -0.3 is 9.53 Å². The number of ether oxygens (including phenoxy) is 1. The summed E-state index contributed by atoms with van der Waals surface area (Å²) in [6.45, 7) is 2.09. The summed E-state index contributed by atoms with van der Waals surface area (Å²) in [6.07, 6.45) is -3.77. The number of benzene rings is 3. The van der Waals surface area contributed by atoms with Crippen molar-refractivity contribution in [3.63, 3.8) is 0 Å². The summed E-state index contributed by atoms with van der Waals surface area (Å²) < 4.78 is 45.6. The van der Waals surface area contributed by atoms with E-state index in [1.54, 1.807) is 12.1 Å². The Morgan fingerprint density at radius 3 is 2.41 bits per heavy atom. The minimum atomic E-state index is -4.49. The highest BCUT2D eigenvalue weighted by Gasteiger charge is 2.41. The van der Waals surface area contributed by atoms with Gasteiger partial charge >= 0.3 is 6.18 Å². The van der Waals surface area contributed by atoms with Gasteiger partial charge in [-0.15, -0.1) is 0 Å². The monoisotopic (exact) mass is 466 g/mol. The third-order valence-electron chi connectivity index (χ3n) is 6.66. The van der Waals surface area contributed by atoms with Gasteiger partial charge in [-0.05, 0) is 72.9 Å². The van der Waals surface area contributed by atoms with Crippen molar-refractivity contribution in [2.75, 3.05) is 0 Å². The van der Waals surface area contributed by atoms with Crippen LogP contribution in [-0.4, -0.2) is 18.6 Å². The molecule has 3 aromatic rings. The number of aldehydes is 1. The Labute approximate surface area is 198 Å². The van der Waals surface area contributed by atoms with E-state index in [1.807, 2.05) is 18.2 Å². The van der Waals surface area contributed by atoms with Gasteiger partial charge in [0, 0.05) is 12.3 Å². The van der Waals surface area contributed by atoms with E-state index in [0.717, 1.165) is 18.4 Å². The third-order valence-corrected chi connectivity index (χ3v) is 6.66. The number of rotatable bonds is 8. The van der Waals surface area contributed by atoms with Crippen LogP contribution in [0.15, 0.2) is 72.8 Å². The smallest absolute Gasteiger partial charge is 0.425 e. The van der Waals surface area contributed by atoms with Crippen LogP contribution in [0.5, 0.6) is 5.75 Å². The fourth-order valence-electron chi connectivity index (χ4n) is 5.01. The molecular weight excluding hydrogens is 437 g/mol. The van der Waals surface area contributed by atoms with Gasteiger partial charge in [0.25, 0.3) is 0 Å². The lowest BCUT2D eigenvalue weighted by molar-refractivity contribution is -0.197. The molecule has 2 nitrogen and oxygen atoms in total. The van der Waals surface area contributed by atoms with Gasteiger partial charge in [-0.25, -0.2) is 0 Å². The second kappa shape index (κ2) is 10.5. The zero-order valence-corrected chi connectivity index (χ0v) is 19.2. The van der Waals surface area contributed by atoms with Crippen molar-refractivity contribution in [2.24, 2.45) is 0 Å². The van der Waals surface area contributed by atoms with Crippen molar-refractivity contribution in [1.29, 1.82) is 0 Å². The number of halogens is 3. The molecule has 34 heavy (non-hydrogen) atoms. The molecule has 0 aromatic heterocycles. The predicted octanol–water partition coefficient (Wildman–Crippen LogP) is 7.54. The molecule has 0 heterocycles. The molecule has 1 aliphatic carbocycles. The zero-order chi connectivity index (χ0) is 24.1. The maximum atomic E-state index is 13.4. The highest BCUT2D eigenvalue weighted by atomic mass is 19.4. The summed E-state index contributed by atoms with van der Waals surface area (Å²) >= 11 is 0. The average molecular weight is 467 g/mol. The normalized spacial score (nSPS) is 18.7. The number of carbonyl (C=O) groups excluding carboxylic acids is 1. The fraction of sp³-hybridized carbons (Fsp3) is 0.345. The van der Waals surface area contributed by atoms with Crippen LogP contribution in [0.3, 0.4) is 0 Å². The number of hydrogen-bond donors (Lipinski definition) is 0. The number of alkyl halides is 3. The van der Waals surface area contributed by atoms with Crippen molar-refractivity contribution in [2.45, 2.75) is 63.1 Å². The summed E-state index contributed by atoms with van der Waals surface area (Å²) in [5, 5.41) is 0. The predicted molar refractivity (Wildman–Crippen MR) is 127 cm³/mol. The Hall–Kier alpha value is -3.08. The molecular formula is C29H29F3O2. The van der Waals surface area contributed by atoms with Crippen molar-refractivity contribution >= 4 is 6.29 Å². The third kappa shape index (κ3) is 5.52. The summed E-state index contributed by atoms with van der Waals surface area (Å²) in [7, 11) is 0. The lowest BCUT2D eigenvalue weighted by atomic mass is 9.69. The first-order valence-electron chi connectivity index (χ1n) is 11.8. The molecule has 0 amide bonds. The van der Waals surface area contributed by atoms with E-state index in [9.17, 15) is 18.0 Å². The molecule has 3 aromatic carbocycles. The minimum absolute atomic E-state index is 0.0936. The molecule has 0 spiro atoms. The lowest BCUT2D eigenvalue weighted by Crippen LogP contribution is -2.34. The van der Waals surface area contributed by atoms with E-state index in [-0.39, 0.29) is 36.8 Å². The van der Waals surface area contributed by atoms with Crippen LogP contribution >= 0.6 is 0 Å². The standard InChI is InChI=1S/C29H29F3O2/c1-20-10-16-26-23(19-20)13-17-25(21-7-3-2-4-8-21)28(26)22-11-14-24(15-12-22)34-27(29(30,31)32)9-5-6-18-33/h2-4,7-8,10-12,14-16,18-19,25,27-28H,5-6,9,13,17H2,1H3/t25-,27?,28+/m1/s1. The Kier molecular flexibility index (Phi) is 7.40. The van der Waals surface area contributed by atoms with Crippen LogP contribution in [0.2, 0.25) is 0 Å². The van der Waals surface area contributed by atoms with Gasteiger partial charge in [-0.1, -0.05) is 66.2 Å². The highest BCUT2D eigenvalue weighted by molar-refractivity contribution is 5.49. The van der Waals surface area contributed by atoms with Crippen molar-refractivity contribution < 1.29 is 22.7 Å². The molecule has 0 saturated heterocycles. The summed E-state index contributed by atoms with van der Waals surface area (Å²) in [6, 6.07) is 24.1. The van der Waals surface area contributed by atoms with Crippen LogP contribution in [0.1, 0.15) is 65.3 Å². The molecule has 0 radical (unpaired) electrons. The molecule has 0 N–H and O–H groups in total. The molecule has 0 saturated carbocycles. The zero-order valence-electron chi connectivity index (χ0n) is 19.2. The van der Waals surface area contributed by atoms with E-state index in [0.29, 0.717) is 6.29 Å². The van der Waals surface area contributed by atoms with Crippen molar-refractivity contribution in [3.8, 4) is 5.75 Å². The summed E-state index contributed by atoms with van der Waals surface area (Å²) in [5.41, 5.74) is 6.18. The van der Waals surface area contributed by atoms with Crippen LogP contribution in [0.25, 0.3) is 0 Å². The van der Waals surface area contributed by atoms with Gasteiger partial charge in [0.05, 0.1) is 0 Å². The SMILES string of the molecule is Cc1ccc2c(c1)CC[C@H](c1ccccc1)[C@@H]2c1ccc(OC(CCCC=O)C(F)(F)F)cc1. The van der Waals surface area contributed by atoms with Crippen LogP contribution < -0.4 is 4.74 Å². The molecule has 4 rings (SSSR count). The molecule has 5 heteroatoms. The topological polar surface area (TPSA) is 26.3 Å². The Morgan fingerprint density at radius 2 is 1.74 bits per heavy atom. The molecule has 1 aliphatic rings. The quantitative estimate of drug-likeness (QED) is 0.253. The van der Waals surface area contributed by atoms with Gasteiger partial charge in [-0.3, -0.25) is 0 Å². The van der Waals surface area contributed by atoms with Gasteiger partial charge in [-0.2, -0.15) is 13.2 Å². The van der Waals surface area contributed by atoms with E-state index in [2.05, 4.69) is 49.4 Å². The number of unbranched alkanes of at least 4 members (excludes halogenated alkanes) is 1. The molecule has 0 bridgehead atoms. The van der Waals surface area contributed by atoms with E-state index < -0.39 is 12.3 Å². The first-order valence-corrected chi connectivity index (χ1v) is 11.8. The largest absolute Gasteiger partial charge is 0.481 e. The maximum Gasteiger partial charge on any atom is 0.425 e. The van der Waals surface area contributed by atoms with Crippen LogP contribution in [0, 0.1) is 6.92 Å². The Balaban J connectivity index is 1.63. The second-order valence-corrected chi connectivity index (χ2v) is 9.05. The van der Waals surface area contributed by atoms with E-state index >= 15 is 0 Å². The average Bonchev–Trinajstić information content (AvgIpc) is 2.83. The van der Waals surface area contributed by atoms with Crippen LogP contribution in [0.4, 0.5) is 13.2 Å². The molecule has 1 unspecified atom stereocenters. The molecule has 178 valence electrons. The first-order chi connectivity index (χ1) is 16.4. The molecule has 0 aliphatic heterocycles. The lowest BCUT2D eigenvalue weighted by Gasteiger charge is -2.35. The van der Waals surface area contributed by atoms with Gasteiger partial charge in [0.2, 0.25) is 0 Å². The number of fused-ring (bicyclic) bond motifs is 1. The van der Waals surface area contributed by atoms with Gasteiger partial charge in [0.15, 0.2) is 6.10 Å². The number of hydrogen-bond acceptors (Lipinski definition) is 2. The molecule has 0 fully saturated rings. The summed E-state index contributed by atoms with van der Waals surface area (Å²) in [5.74, 6) is 0.592. The van der Waals surface area contributed by atoms with E-state index in [4.69, 9.17) is 4.74 Å². The number of carbonyl (C=O) groups is 1. The first kappa shape index (κ1) is 24.1. The second-order valence-electron chi connectivity index (χ2n) is 9.05. The number of aryl methyl sites for hydroxylation is 2. The van der Waals surface area contributed by atoms with Crippen molar-refractivity contribution in [3.05, 3.63) is 101 Å². The summed E-state index contributed by atoms with van der Waals surface area (Å²) in [4.78, 5) is 10.5. The Bertz CT molecular complexity index is 1090. The minimum Gasteiger partial charge on any atom is -0.481 e. The highest BCUT2D eigenvalue weighted by Crippen LogP contribution is 2.46. The maximum absolute atomic E-state index is 13.4.